The van der Waals surface area contributed by atoms with Gasteiger partial charge in [0.25, 0.3) is 0 Å². The van der Waals surface area contributed by atoms with Gasteiger partial charge in [-0.05, 0) is 23.8 Å². The summed E-state index contributed by atoms with van der Waals surface area (Å²) in [7, 11) is 2.84. The van der Waals surface area contributed by atoms with Crippen molar-refractivity contribution < 1.29 is 13.9 Å². The number of benzene rings is 1. The zero-order valence-corrected chi connectivity index (χ0v) is 15.5. The Hall–Kier alpha value is -3.68. The van der Waals surface area contributed by atoms with Crippen LogP contribution in [-0.2, 0) is 6.54 Å². The monoisotopic (exact) mass is 382 g/mol. The minimum Gasteiger partial charge on any atom is -0.493 e. The maximum Gasteiger partial charge on any atom is 0.334 e. The van der Waals surface area contributed by atoms with Gasteiger partial charge in [0.05, 0.1) is 20.8 Å². The third-order valence-electron chi connectivity index (χ3n) is 4.25. The zero-order valence-electron chi connectivity index (χ0n) is 15.5. The molecule has 3 aromatic rings. The summed E-state index contributed by atoms with van der Waals surface area (Å²) in [5, 5.41) is 7.32. The highest BCUT2D eigenvalue weighted by molar-refractivity contribution is 6.08. The first-order chi connectivity index (χ1) is 13.5. The second kappa shape index (κ2) is 7.91. The van der Waals surface area contributed by atoms with Crippen molar-refractivity contribution in [1.82, 2.24) is 14.1 Å². The summed E-state index contributed by atoms with van der Waals surface area (Å²) in [4.78, 5) is 17.1. The predicted octanol–water partition coefficient (Wildman–Crippen LogP) is 2.90. The molecule has 0 fully saturated rings. The van der Waals surface area contributed by atoms with E-state index in [1.54, 1.807) is 36.7 Å². The van der Waals surface area contributed by atoms with Crippen LogP contribution in [0.2, 0.25) is 0 Å². The molecule has 0 spiro atoms. The molecule has 3 rings (SSSR count). The van der Waals surface area contributed by atoms with Crippen LogP contribution >= 0.6 is 0 Å². The van der Waals surface area contributed by atoms with Gasteiger partial charge in [0.15, 0.2) is 11.6 Å². The largest absolute Gasteiger partial charge is 0.493 e. The van der Waals surface area contributed by atoms with Crippen LogP contribution in [0.5, 0.6) is 11.6 Å². The van der Waals surface area contributed by atoms with Gasteiger partial charge in [0.2, 0.25) is 5.88 Å². The van der Waals surface area contributed by atoms with Gasteiger partial charge in [-0.2, -0.15) is 4.98 Å². The highest BCUT2D eigenvalue weighted by Crippen LogP contribution is 2.24. The molecule has 144 valence electrons. The number of nitrogens with zero attached hydrogens (tertiary/aromatic N) is 3. The van der Waals surface area contributed by atoms with Gasteiger partial charge in [-0.1, -0.05) is 18.7 Å². The topological polar surface area (TPSA) is 82.1 Å². The number of nitrogens with one attached hydrogen (secondary N) is 1. The molecule has 0 aliphatic carbocycles. The van der Waals surface area contributed by atoms with Gasteiger partial charge >= 0.3 is 5.69 Å². The summed E-state index contributed by atoms with van der Waals surface area (Å²) in [5.41, 5.74) is 1.21. The summed E-state index contributed by atoms with van der Waals surface area (Å²) < 4.78 is 27.0. The molecule has 8 heteroatoms. The Bertz CT molecular complexity index is 1100. The second-order valence-electron chi connectivity index (χ2n) is 5.91. The van der Waals surface area contributed by atoms with Crippen LogP contribution in [0.1, 0.15) is 11.1 Å². The van der Waals surface area contributed by atoms with Gasteiger partial charge in [0.1, 0.15) is 5.82 Å². The number of imidazole rings is 1. The molecule has 0 atom stereocenters. The van der Waals surface area contributed by atoms with Crippen LogP contribution in [0, 0.1) is 11.2 Å². The minimum absolute atomic E-state index is 0.108. The standard InChI is InChI=1S/C20H19FN4O3/c1-13(11-22)15-7-8-17(23-19(15)28-3)25-10-9-24(20(25)26)12-14-5-4-6-16(21)18(14)27-2/h4-11,22H,1,12H2,2-3H3. The number of aromatic nitrogens is 3. The molecule has 0 saturated heterocycles. The number of hydrogen-bond acceptors (Lipinski definition) is 5. The number of rotatable bonds is 7. The van der Waals surface area contributed by atoms with Crippen molar-refractivity contribution in [3.05, 3.63) is 76.7 Å². The van der Waals surface area contributed by atoms with Crippen LogP contribution in [0.4, 0.5) is 4.39 Å². The van der Waals surface area contributed by atoms with Gasteiger partial charge in [-0.25, -0.2) is 9.18 Å². The molecule has 1 aromatic carbocycles. The Balaban J connectivity index is 1.98. The Morgan fingerprint density at radius 1 is 1.25 bits per heavy atom. The Morgan fingerprint density at radius 3 is 2.71 bits per heavy atom. The molecule has 0 unspecified atom stereocenters. The van der Waals surface area contributed by atoms with E-state index < -0.39 is 5.82 Å². The van der Waals surface area contributed by atoms with Crippen molar-refractivity contribution in [3.8, 4) is 17.4 Å². The van der Waals surface area contributed by atoms with Crippen molar-refractivity contribution in [2.24, 2.45) is 0 Å². The number of ether oxygens (including phenoxy) is 2. The number of methoxy groups -OCH3 is 2. The Labute approximate surface area is 160 Å². The molecule has 0 amide bonds. The van der Waals surface area contributed by atoms with Gasteiger partial charge in [-0.3, -0.25) is 9.13 Å². The van der Waals surface area contributed by atoms with Crippen LogP contribution < -0.4 is 15.2 Å². The van der Waals surface area contributed by atoms with Crippen molar-refractivity contribution in [1.29, 1.82) is 5.41 Å². The average Bonchev–Trinajstić information content (AvgIpc) is 3.07. The molecule has 7 nitrogen and oxygen atoms in total. The van der Waals surface area contributed by atoms with Crippen molar-refractivity contribution in [2.75, 3.05) is 14.2 Å². The van der Waals surface area contributed by atoms with E-state index in [2.05, 4.69) is 11.6 Å². The number of pyridine rings is 1. The third-order valence-corrected chi connectivity index (χ3v) is 4.25. The summed E-state index contributed by atoms with van der Waals surface area (Å²) in [6.07, 6.45) is 4.26. The smallest absolute Gasteiger partial charge is 0.334 e. The van der Waals surface area contributed by atoms with E-state index in [1.807, 2.05) is 0 Å². The number of allylic oxidation sites excluding steroid dienone is 1. The van der Waals surface area contributed by atoms with Crippen molar-refractivity contribution in [3.63, 3.8) is 0 Å². The van der Waals surface area contributed by atoms with Crippen LogP contribution in [0.15, 0.2) is 54.1 Å². The summed E-state index contributed by atoms with van der Waals surface area (Å²) >= 11 is 0. The average molecular weight is 382 g/mol. The van der Waals surface area contributed by atoms with Crippen molar-refractivity contribution >= 4 is 11.8 Å². The van der Waals surface area contributed by atoms with Crippen molar-refractivity contribution in [2.45, 2.75) is 6.54 Å². The van der Waals surface area contributed by atoms with Gasteiger partial charge in [-0.15, -0.1) is 0 Å². The fourth-order valence-corrected chi connectivity index (χ4v) is 2.84. The maximum absolute atomic E-state index is 13.9. The van der Waals surface area contributed by atoms with E-state index in [4.69, 9.17) is 14.9 Å². The summed E-state index contributed by atoms with van der Waals surface area (Å²) in [5.74, 6) is 0.239. The number of hydrogen-bond donors (Lipinski definition) is 1. The number of halogens is 1. The zero-order chi connectivity index (χ0) is 20.3. The van der Waals surface area contributed by atoms with E-state index in [0.717, 1.165) is 6.21 Å². The molecule has 28 heavy (non-hydrogen) atoms. The quantitative estimate of drug-likeness (QED) is 0.637. The lowest BCUT2D eigenvalue weighted by Crippen LogP contribution is -2.24. The van der Waals surface area contributed by atoms with E-state index in [1.165, 1.54) is 29.4 Å². The first-order valence-corrected chi connectivity index (χ1v) is 8.34. The Morgan fingerprint density at radius 2 is 2.04 bits per heavy atom. The van der Waals surface area contributed by atoms with Crippen LogP contribution in [0.25, 0.3) is 11.4 Å². The molecular formula is C20H19FN4O3. The third kappa shape index (κ3) is 3.44. The molecule has 0 aliphatic heterocycles. The first kappa shape index (κ1) is 19.1. The van der Waals surface area contributed by atoms with E-state index in [0.29, 0.717) is 22.5 Å². The van der Waals surface area contributed by atoms with E-state index in [9.17, 15) is 9.18 Å². The minimum atomic E-state index is -0.485. The lowest BCUT2D eigenvalue weighted by Gasteiger charge is -2.10. The van der Waals surface area contributed by atoms with Crippen LogP contribution in [0.3, 0.4) is 0 Å². The molecule has 2 aromatic heterocycles. The molecule has 0 bridgehead atoms. The summed E-state index contributed by atoms with van der Waals surface area (Å²) in [6.45, 7) is 3.91. The normalized spacial score (nSPS) is 10.5. The van der Waals surface area contributed by atoms with Gasteiger partial charge < -0.3 is 14.9 Å². The predicted molar refractivity (Wildman–Crippen MR) is 104 cm³/mol. The summed E-state index contributed by atoms with van der Waals surface area (Å²) in [6, 6.07) is 7.90. The first-order valence-electron chi connectivity index (χ1n) is 8.34. The van der Waals surface area contributed by atoms with E-state index >= 15 is 0 Å². The second-order valence-corrected chi connectivity index (χ2v) is 5.91. The Kier molecular flexibility index (Phi) is 5.39. The van der Waals surface area contributed by atoms with Crippen LogP contribution in [-0.4, -0.2) is 34.6 Å². The van der Waals surface area contributed by atoms with E-state index in [-0.39, 0.29) is 23.9 Å². The molecule has 0 radical (unpaired) electrons. The maximum atomic E-state index is 13.9. The molecule has 0 saturated carbocycles. The molecule has 2 heterocycles. The lowest BCUT2D eigenvalue weighted by molar-refractivity contribution is 0.380. The highest BCUT2D eigenvalue weighted by Gasteiger charge is 2.14. The lowest BCUT2D eigenvalue weighted by atomic mass is 10.1. The highest BCUT2D eigenvalue weighted by atomic mass is 19.1. The molecule has 0 aliphatic rings. The number of para-hydroxylation sites is 1. The fraction of sp³-hybridized carbons (Fsp3) is 0.150. The van der Waals surface area contributed by atoms with Gasteiger partial charge in [0, 0.05) is 29.7 Å². The molecule has 1 N–H and O–H groups in total. The molecular weight excluding hydrogens is 363 g/mol. The fourth-order valence-electron chi connectivity index (χ4n) is 2.84. The SMILES string of the molecule is C=C(C=N)c1ccc(-n2ccn(Cc3cccc(F)c3OC)c2=O)nc1OC.